The third-order valence-corrected chi connectivity index (χ3v) is 4.25. The monoisotopic (exact) mass is 344 g/mol. The number of nitrogens with zero attached hydrogens (tertiary/aromatic N) is 6. The van der Waals surface area contributed by atoms with Gasteiger partial charge in [-0.25, -0.2) is 14.6 Å². The van der Waals surface area contributed by atoms with Crippen molar-refractivity contribution in [3.8, 4) is 0 Å². The highest BCUT2D eigenvalue weighted by Gasteiger charge is 2.23. The van der Waals surface area contributed by atoms with Gasteiger partial charge in [-0.1, -0.05) is 19.1 Å². The lowest BCUT2D eigenvalue weighted by molar-refractivity contribution is 0.0944. The van der Waals surface area contributed by atoms with E-state index in [1.807, 2.05) is 0 Å². The van der Waals surface area contributed by atoms with E-state index in [0.717, 1.165) is 31.7 Å². The summed E-state index contributed by atoms with van der Waals surface area (Å²) < 4.78 is 1.80. The van der Waals surface area contributed by atoms with Crippen LogP contribution in [0.2, 0.25) is 0 Å². The Morgan fingerprint density at radius 2 is 2.12 bits per heavy atom. The van der Waals surface area contributed by atoms with Crippen LogP contribution in [0.1, 0.15) is 43.2 Å². The van der Waals surface area contributed by atoms with Crippen molar-refractivity contribution in [2.75, 3.05) is 30.3 Å². The summed E-state index contributed by atoms with van der Waals surface area (Å²) in [6.07, 6.45) is 5.02. The molecule has 0 bridgehead atoms. The molecule has 1 amide bonds. The molecule has 0 unspecified atom stereocenters. The quantitative estimate of drug-likeness (QED) is 0.827. The summed E-state index contributed by atoms with van der Waals surface area (Å²) in [6, 6.07) is 2.02. The zero-order chi connectivity index (χ0) is 17.8. The molecule has 0 saturated carbocycles. The number of rotatable bonds is 5. The van der Waals surface area contributed by atoms with Crippen molar-refractivity contribution in [2.24, 2.45) is 5.92 Å². The van der Waals surface area contributed by atoms with Gasteiger partial charge in [-0.15, -0.1) is 5.10 Å². The molecule has 2 aromatic rings. The van der Waals surface area contributed by atoms with Gasteiger partial charge < -0.3 is 16.0 Å². The molecule has 9 nitrogen and oxygen atoms in total. The van der Waals surface area contributed by atoms with Gasteiger partial charge in [0.1, 0.15) is 18.0 Å². The summed E-state index contributed by atoms with van der Waals surface area (Å²) in [5.41, 5.74) is 6.09. The Kier molecular flexibility index (Phi) is 5.11. The molecule has 9 heteroatoms. The molecule has 134 valence electrons. The second-order valence-corrected chi connectivity index (χ2v) is 6.71. The molecular weight excluding hydrogens is 320 g/mol. The summed E-state index contributed by atoms with van der Waals surface area (Å²) in [5, 5.41) is 11.0. The molecule has 1 aliphatic heterocycles. The Hall–Kier alpha value is -2.71. The van der Waals surface area contributed by atoms with Crippen LogP contribution in [0.15, 0.2) is 18.6 Å². The van der Waals surface area contributed by atoms with E-state index in [4.69, 9.17) is 5.73 Å². The van der Waals surface area contributed by atoms with E-state index in [-0.39, 0.29) is 11.9 Å². The Morgan fingerprint density at radius 3 is 2.80 bits per heavy atom. The number of nitrogens with two attached hydrogens (primary N) is 1. The molecule has 3 N–H and O–H groups in total. The lowest BCUT2D eigenvalue weighted by Crippen LogP contribution is -2.35. The van der Waals surface area contributed by atoms with Gasteiger partial charge in [-0.3, -0.25) is 4.79 Å². The van der Waals surface area contributed by atoms with Crippen LogP contribution in [-0.4, -0.2) is 50.5 Å². The number of piperidine rings is 1. The van der Waals surface area contributed by atoms with Gasteiger partial charge in [-0.2, -0.15) is 0 Å². The maximum Gasteiger partial charge on any atom is 0.273 e. The van der Waals surface area contributed by atoms with Crippen LogP contribution >= 0.6 is 0 Å². The zero-order valence-corrected chi connectivity index (χ0v) is 14.6. The number of amides is 1. The second kappa shape index (κ2) is 7.45. The summed E-state index contributed by atoms with van der Waals surface area (Å²) in [4.78, 5) is 22.4. The molecule has 0 aromatic carbocycles. The number of anilines is 2. The molecule has 1 saturated heterocycles. The Bertz CT molecular complexity index is 720. The number of carbonyl (C=O) groups is 1. The van der Waals surface area contributed by atoms with Gasteiger partial charge in [0.2, 0.25) is 0 Å². The molecule has 1 fully saturated rings. The summed E-state index contributed by atoms with van der Waals surface area (Å²) in [5.74, 6) is 1.55. The lowest BCUT2D eigenvalue weighted by atomic mass is 10.1. The third kappa shape index (κ3) is 4.23. The standard InChI is InChI=1S/C16H24N8O/c1-11(2)8-18-16(25)13-9-24(22-21-13)12-3-5-23(6-4-12)15-7-14(17)19-10-20-15/h7,9-12H,3-6,8H2,1-2H3,(H,18,25)(H2,17,19,20). The van der Waals surface area contributed by atoms with Gasteiger partial charge in [0.05, 0.1) is 12.2 Å². The minimum Gasteiger partial charge on any atom is -0.384 e. The highest BCUT2D eigenvalue weighted by molar-refractivity contribution is 5.91. The Labute approximate surface area is 146 Å². The van der Waals surface area contributed by atoms with E-state index in [2.05, 4.69) is 44.3 Å². The average molecular weight is 344 g/mol. The largest absolute Gasteiger partial charge is 0.384 e. The number of hydrogen-bond acceptors (Lipinski definition) is 7. The highest BCUT2D eigenvalue weighted by atomic mass is 16.2. The maximum absolute atomic E-state index is 12.1. The van der Waals surface area contributed by atoms with Crippen molar-refractivity contribution in [1.29, 1.82) is 0 Å². The van der Waals surface area contributed by atoms with Crippen LogP contribution in [0.4, 0.5) is 11.6 Å². The molecule has 3 heterocycles. The molecule has 1 aliphatic rings. The third-order valence-electron chi connectivity index (χ3n) is 4.25. The second-order valence-electron chi connectivity index (χ2n) is 6.71. The van der Waals surface area contributed by atoms with Crippen LogP contribution in [-0.2, 0) is 0 Å². The predicted molar refractivity (Wildman–Crippen MR) is 94.1 cm³/mol. The van der Waals surface area contributed by atoms with Crippen molar-refractivity contribution in [2.45, 2.75) is 32.7 Å². The van der Waals surface area contributed by atoms with Gasteiger partial charge in [0.25, 0.3) is 5.91 Å². The van der Waals surface area contributed by atoms with E-state index < -0.39 is 0 Å². The van der Waals surface area contributed by atoms with Crippen molar-refractivity contribution < 1.29 is 4.79 Å². The molecule has 3 rings (SSSR count). The summed E-state index contributed by atoms with van der Waals surface area (Å²) >= 11 is 0. The van der Waals surface area contributed by atoms with Crippen molar-refractivity contribution in [3.63, 3.8) is 0 Å². The SMILES string of the molecule is CC(C)CNC(=O)c1cn(C2CCN(c3cc(N)ncn3)CC2)nn1. The first kappa shape index (κ1) is 17.1. The summed E-state index contributed by atoms with van der Waals surface area (Å²) in [7, 11) is 0. The highest BCUT2D eigenvalue weighted by Crippen LogP contribution is 2.25. The van der Waals surface area contributed by atoms with E-state index in [0.29, 0.717) is 24.0 Å². The minimum atomic E-state index is -0.172. The normalized spacial score (nSPS) is 15.6. The number of nitrogen functional groups attached to an aromatic ring is 1. The van der Waals surface area contributed by atoms with E-state index in [1.165, 1.54) is 6.33 Å². The lowest BCUT2D eigenvalue weighted by Gasteiger charge is -2.32. The van der Waals surface area contributed by atoms with Crippen molar-refractivity contribution >= 4 is 17.5 Å². The van der Waals surface area contributed by atoms with Crippen LogP contribution in [0.25, 0.3) is 0 Å². The Morgan fingerprint density at radius 1 is 1.36 bits per heavy atom. The number of aromatic nitrogens is 5. The number of hydrogen-bond donors (Lipinski definition) is 2. The molecule has 25 heavy (non-hydrogen) atoms. The number of carbonyl (C=O) groups excluding carboxylic acids is 1. The molecule has 0 atom stereocenters. The first-order valence-electron chi connectivity index (χ1n) is 8.55. The fraction of sp³-hybridized carbons (Fsp3) is 0.562. The Balaban J connectivity index is 1.57. The predicted octanol–water partition coefficient (Wildman–Crippen LogP) is 0.878. The van der Waals surface area contributed by atoms with E-state index >= 15 is 0 Å². The minimum absolute atomic E-state index is 0.172. The fourth-order valence-corrected chi connectivity index (χ4v) is 2.84. The van der Waals surface area contributed by atoms with E-state index in [1.54, 1.807) is 16.9 Å². The molecular formula is C16H24N8O. The molecule has 0 aliphatic carbocycles. The molecule has 0 spiro atoms. The average Bonchev–Trinajstić information content (AvgIpc) is 3.10. The van der Waals surface area contributed by atoms with Crippen LogP contribution < -0.4 is 16.0 Å². The van der Waals surface area contributed by atoms with E-state index in [9.17, 15) is 4.79 Å². The fourth-order valence-electron chi connectivity index (χ4n) is 2.84. The van der Waals surface area contributed by atoms with Gasteiger partial charge in [-0.05, 0) is 18.8 Å². The first-order valence-corrected chi connectivity index (χ1v) is 8.55. The molecule has 0 radical (unpaired) electrons. The van der Waals surface area contributed by atoms with Gasteiger partial charge in [0.15, 0.2) is 5.69 Å². The van der Waals surface area contributed by atoms with Crippen molar-refractivity contribution in [3.05, 3.63) is 24.3 Å². The van der Waals surface area contributed by atoms with Crippen LogP contribution in [0.3, 0.4) is 0 Å². The first-order chi connectivity index (χ1) is 12.0. The zero-order valence-electron chi connectivity index (χ0n) is 14.6. The topological polar surface area (TPSA) is 115 Å². The number of nitrogens with one attached hydrogen (secondary N) is 1. The molecule has 2 aromatic heterocycles. The summed E-state index contributed by atoms with van der Waals surface area (Å²) in [6.45, 7) is 6.42. The van der Waals surface area contributed by atoms with Crippen molar-refractivity contribution in [1.82, 2.24) is 30.3 Å². The van der Waals surface area contributed by atoms with Crippen LogP contribution in [0, 0.1) is 5.92 Å². The van der Waals surface area contributed by atoms with Gasteiger partial charge >= 0.3 is 0 Å². The smallest absolute Gasteiger partial charge is 0.273 e. The van der Waals surface area contributed by atoms with Crippen LogP contribution in [0.5, 0.6) is 0 Å². The maximum atomic E-state index is 12.1. The van der Waals surface area contributed by atoms with Gasteiger partial charge in [0, 0.05) is 25.7 Å².